The molecule has 0 bridgehead atoms. The van der Waals surface area contributed by atoms with Crippen molar-refractivity contribution in [2.45, 2.75) is 12.5 Å². The lowest BCUT2D eigenvalue weighted by atomic mass is 10.0. The summed E-state index contributed by atoms with van der Waals surface area (Å²) in [6.07, 6.45) is 3.46. The minimum Gasteiger partial charge on any atom is -0.493 e. The maximum absolute atomic E-state index is 12.8. The van der Waals surface area contributed by atoms with Crippen LogP contribution in [0.4, 0.5) is 5.69 Å². The number of hydrogen-bond donors (Lipinski definition) is 1. The Kier molecular flexibility index (Phi) is 5.10. The molecule has 6 nitrogen and oxygen atoms in total. The molecule has 1 atom stereocenters. The van der Waals surface area contributed by atoms with Crippen LogP contribution in [0.5, 0.6) is 17.2 Å². The second-order valence-electron chi connectivity index (χ2n) is 6.41. The Labute approximate surface area is 163 Å². The molecule has 0 fully saturated rings. The van der Waals surface area contributed by atoms with Crippen LogP contribution in [0.1, 0.15) is 17.0 Å². The zero-order chi connectivity index (χ0) is 19.3. The number of para-hydroxylation sites is 1. The lowest BCUT2D eigenvalue weighted by molar-refractivity contribution is -0.117. The Morgan fingerprint density at radius 1 is 1.18 bits per heavy atom. The van der Waals surface area contributed by atoms with E-state index in [9.17, 15) is 4.79 Å². The largest absolute Gasteiger partial charge is 0.493 e. The summed E-state index contributed by atoms with van der Waals surface area (Å²) < 4.78 is 16.9. The molecule has 3 aromatic rings. The number of fused-ring (bicyclic) bond motifs is 1. The van der Waals surface area contributed by atoms with E-state index in [2.05, 4.69) is 10.3 Å². The highest BCUT2D eigenvalue weighted by Gasteiger charge is 2.30. The van der Waals surface area contributed by atoms with Gasteiger partial charge in [-0.15, -0.1) is 0 Å². The number of nitrogens with zero attached hydrogens (tertiary/aromatic N) is 1. The number of carbonyl (C=O) groups excluding carboxylic acids is 1. The van der Waals surface area contributed by atoms with Crippen molar-refractivity contribution in [3.05, 3.63) is 78.1 Å². The van der Waals surface area contributed by atoms with Gasteiger partial charge in [0.25, 0.3) is 0 Å². The number of hydrogen-bond acceptors (Lipinski definition) is 5. The first kappa shape index (κ1) is 17.9. The number of amides is 1. The predicted molar refractivity (Wildman–Crippen MR) is 105 cm³/mol. The topological polar surface area (TPSA) is 69.7 Å². The van der Waals surface area contributed by atoms with Crippen LogP contribution < -0.4 is 19.5 Å². The van der Waals surface area contributed by atoms with Crippen molar-refractivity contribution in [3.8, 4) is 17.2 Å². The molecule has 0 saturated carbocycles. The van der Waals surface area contributed by atoms with Gasteiger partial charge in [0.1, 0.15) is 24.9 Å². The Morgan fingerprint density at radius 2 is 2.07 bits per heavy atom. The minimum absolute atomic E-state index is 0.117. The van der Waals surface area contributed by atoms with Crippen molar-refractivity contribution in [1.29, 1.82) is 0 Å². The quantitative estimate of drug-likeness (QED) is 0.709. The number of ether oxygens (including phenoxy) is 3. The van der Waals surface area contributed by atoms with Crippen LogP contribution in [0.3, 0.4) is 0 Å². The maximum Gasteiger partial charge on any atom is 0.235 e. The summed E-state index contributed by atoms with van der Waals surface area (Å²) in [5.74, 6) is 1.45. The zero-order valence-electron chi connectivity index (χ0n) is 15.4. The molecule has 0 spiro atoms. The molecule has 0 aliphatic carbocycles. The molecule has 0 radical (unpaired) electrons. The Balaban J connectivity index is 1.48. The molecular weight excluding hydrogens is 356 g/mol. The van der Waals surface area contributed by atoms with E-state index in [0.29, 0.717) is 30.4 Å². The average molecular weight is 376 g/mol. The van der Waals surface area contributed by atoms with Gasteiger partial charge in [-0.3, -0.25) is 9.78 Å². The Hall–Kier alpha value is -3.54. The SMILES string of the molecule is COc1ccc(NC(=O)C2COc3ccccc32)cc1OCc1cccnc1. The first-order valence-electron chi connectivity index (χ1n) is 8.97. The van der Waals surface area contributed by atoms with Crippen LogP contribution in [0.25, 0.3) is 0 Å². The minimum atomic E-state index is -0.335. The normalized spacial score (nSPS) is 14.7. The van der Waals surface area contributed by atoms with Crippen LogP contribution in [-0.2, 0) is 11.4 Å². The Bertz CT molecular complexity index is 975. The molecule has 1 amide bonds. The predicted octanol–water partition coefficient (Wildman–Crippen LogP) is 3.78. The number of aromatic nitrogens is 1. The molecule has 2 aromatic carbocycles. The van der Waals surface area contributed by atoms with E-state index >= 15 is 0 Å². The second-order valence-corrected chi connectivity index (χ2v) is 6.41. The van der Waals surface area contributed by atoms with Gasteiger partial charge >= 0.3 is 0 Å². The van der Waals surface area contributed by atoms with Crippen molar-refractivity contribution < 1.29 is 19.0 Å². The Morgan fingerprint density at radius 3 is 2.89 bits per heavy atom. The van der Waals surface area contributed by atoms with Gasteiger partial charge in [-0.25, -0.2) is 0 Å². The second kappa shape index (κ2) is 8.00. The first-order valence-corrected chi connectivity index (χ1v) is 8.97. The summed E-state index contributed by atoms with van der Waals surface area (Å²) in [5.41, 5.74) is 2.48. The summed E-state index contributed by atoms with van der Waals surface area (Å²) in [5, 5.41) is 2.95. The molecule has 28 heavy (non-hydrogen) atoms. The van der Waals surface area contributed by atoms with Gasteiger partial charge in [-0.1, -0.05) is 24.3 Å². The first-order chi connectivity index (χ1) is 13.7. The van der Waals surface area contributed by atoms with Gasteiger partial charge in [0.05, 0.1) is 7.11 Å². The van der Waals surface area contributed by atoms with E-state index < -0.39 is 0 Å². The molecule has 4 rings (SSSR count). The molecule has 1 aliphatic heterocycles. The third-order valence-electron chi connectivity index (χ3n) is 4.56. The number of methoxy groups -OCH3 is 1. The molecule has 1 N–H and O–H groups in total. The number of benzene rings is 2. The van der Waals surface area contributed by atoms with Crippen molar-refractivity contribution in [2.75, 3.05) is 19.0 Å². The molecule has 0 saturated heterocycles. The van der Waals surface area contributed by atoms with Crippen LogP contribution in [0.2, 0.25) is 0 Å². The molecule has 1 unspecified atom stereocenters. The van der Waals surface area contributed by atoms with Crippen LogP contribution in [0, 0.1) is 0 Å². The number of pyridine rings is 1. The van der Waals surface area contributed by atoms with E-state index in [4.69, 9.17) is 14.2 Å². The standard InChI is InChI=1S/C22H20N2O4/c1-26-20-9-8-16(11-21(20)27-13-15-5-4-10-23-12-15)24-22(25)18-14-28-19-7-3-2-6-17(18)19/h2-12,18H,13-14H2,1H3,(H,24,25). The van der Waals surface area contributed by atoms with Crippen LogP contribution >= 0.6 is 0 Å². The smallest absolute Gasteiger partial charge is 0.235 e. The van der Waals surface area contributed by atoms with Gasteiger partial charge in [0, 0.05) is 35.3 Å². The van der Waals surface area contributed by atoms with Gasteiger partial charge in [0.2, 0.25) is 5.91 Å². The third-order valence-corrected chi connectivity index (χ3v) is 4.56. The van der Waals surface area contributed by atoms with Gasteiger partial charge in [-0.2, -0.15) is 0 Å². The molecular formula is C22H20N2O4. The number of rotatable bonds is 6. The van der Waals surface area contributed by atoms with E-state index in [0.717, 1.165) is 16.9 Å². The van der Waals surface area contributed by atoms with E-state index in [1.165, 1.54) is 0 Å². The zero-order valence-corrected chi connectivity index (χ0v) is 15.4. The van der Waals surface area contributed by atoms with Crippen molar-refractivity contribution in [1.82, 2.24) is 4.98 Å². The van der Waals surface area contributed by atoms with E-state index in [1.54, 1.807) is 37.7 Å². The van der Waals surface area contributed by atoms with Crippen LogP contribution in [-0.4, -0.2) is 24.6 Å². The van der Waals surface area contributed by atoms with E-state index in [-0.39, 0.29) is 11.8 Å². The fourth-order valence-electron chi connectivity index (χ4n) is 3.12. The summed E-state index contributed by atoms with van der Waals surface area (Å²) in [6.45, 7) is 0.692. The van der Waals surface area contributed by atoms with Gasteiger partial charge < -0.3 is 19.5 Å². The molecule has 2 heterocycles. The highest BCUT2D eigenvalue weighted by Crippen LogP contribution is 2.35. The molecule has 1 aliphatic rings. The fraction of sp³-hybridized carbons (Fsp3) is 0.182. The molecule has 6 heteroatoms. The molecule has 142 valence electrons. The van der Waals surface area contributed by atoms with Crippen molar-refractivity contribution in [3.63, 3.8) is 0 Å². The highest BCUT2D eigenvalue weighted by atomic mass is 16.5. The number of nitrogens with one attached hydrogen (secondary N) is 1. The monoisotopic (exact) mass is 376 g/mol. The fourth-order valence-corrected chi connectivity index (χ4v) is 3.12. The lowest BCUT2D eigenvalue weighted by Gasteiger charge is -2.14. The summed E-state index contributed by atoms with van der Waals surface area (Å²) in [6, 6.07) is 16.7. The van der Waals surface area contributed by atoms with Gasteiger partial charge in [0.15, 0.2) is 11.5 Å². The van der Waals surface area contributed by atoms with Crippen molar-refractivity contribution >= 4 is 11.6 Å². The van der Waals surface area contributed by atoms with E-state index in [1.807, 2.05) is 36.4 Å². The summed E-state index contributed by atoms with van der Waals surface area (Å²) in [7, 11) is 1.58. The van der Waals surface area contributed by atoms with Crippen molar-refractivity contribution in [2.24, 2.45) is 0 Å². The third kappa shape index (κ3) is 3.76. The molecule has 1 aromatic heterocycles. The number of anilines is 1. The van der Waals surface area contributed by atoms with Gasteiger partial charge in [-0.05, 0) is 24.3 Å². The number of carbonyl (C=O) groups is 1. The lowest BCUT2D eigenvalue weighted by Crippen LogP contribution is -2.22. The van der Waals surface area contributed by atoms with Crippen LogP contribution in [0.15, 0.2) is 67.0 Å². The average Bonchev–Trinajstić information content (AvgIpc) is 3.17. The summed E-state index contributed by atoms with van der Waals surface area (Å²) >= 11 is 0. The highest BCUT2D eigenvalue weighted by molar-refractivity contribution is 5.97. The maximum atomic E-state index is 12.8. The summed E-state index contributed by atoms with van der Waals surface area (Å²) in [4.78, 5) is 16.8.